The Bertz CT molecular complexity index is 1260. The van der Waals surface area contributed by atoms with Gasteiger partial charge in [-0.2, -0.15) is 0 Å². The van der Waals surface area contributed by atoms with Crippen LogP contribution in [-0.4, -0.2) is 38.3 Å². The molecule has 0 bridgehead atoms. The first-order valence-electron chi connectivity index (χ1n) is 10.4. The molecule has 0 aliphatic rings. The number of aromatic nitrogens is 1. The van der Waals surface area contributed by atoms with Gasteiger partial charge in [0.25, 0.3) is 5.91 Å². The number of halogens is 1. The van der Waals surface area contributed by atoms with E-state index in [1.165, 1.54) is 0 Å². The molecule has 1 N–H and O–H groups in total. The molecule has 0 unspecified atom stereocenters. The van der Waals surface area contributed by atoms with Gasteiger partial charge in [0.2, 0.25) is 0 Å². The highest BCUT2D eigenvalue weighted by Crippen LogP contribution is 2.34. The van der Waals surface area contributed by atoms with Crippen LogP contribution in [0, 0.1) is 0 Å². The summed E-state index contributed by atoms with van der Waals surface area (Å²) in [4.78, 5) is 13.2. The quantitative estimate of drug-likeness (QED) is 0.311. The molecule has 1 amide bonds. The first-order chi connectivity index (χ1) is 16.0. The molecule has 33 heavy (non-hydrogen) atoms. The molecule has 4 rings (SSSR count). The summed E-state index contributed by atoms with van der Waals surface area (Å²) in [6.07, 6.45) is 0.682. The van der Waals surface area contributed by atoms with Crippen molar-refractivity contribution in [3.05, 3.63) is 75.2 Å². The van der Waals surface area contributed by atoms with Crippen LogP contribution in [0.4, 0.5) is 0 Å². The fourth-order valence-electron chi connectivity index (χ4n) is 3.83. The van der Waals surface area contributed by atoms with Crippen molar-refractivity contribution in [3.63, 3.8) is 0 Å². The molecule has 172 valence electrons. The van der Waals surface area contributed by atoms with Gasteiger partial charge in [-0.25, -0.2) is 0 Å². The number of ether oxygens (including phenoxy) is 3. The number of para-hydroxylation sites is 1. The SMILES string of the molecule is COc1cc(Cn2c(C(=O)NCCc3ccccc3OC)cc3scc(Br)c32)cc(OC)c1. The second-order valence-corrected chi connectivity index (χ2v) is 9.22. The highest BCUT2D eigenvalue weighted by Gasteiger charge is 2.19. The molecule has 0 spiro atoms. The topological polar surface area (TPSA) is 61.7 Å². The van der Waals surface area contributed by atoms with Crippen molar-refractivity contribution in [1.82, 2.24) is 9.88 Å². The lowest BCUT2D eigenvalue weighted by molar-refractivity contribution is 0.0945. The molecule has 0 fully saturated rings. The largest absolute Gasteiger partial charge is 0.497 e. The Morgan fingerprint density at radius 2 is 1.76 bits per heavy atom. The van der Waals surface area contributed by atoms with Crippen LogP contribution >= 0.6 is 27.3 Å². The van der Waals surface area contributed by atoms with Gasteiger partial charge >= 0.3 is 0 Å². The summed E-state index contributed by atoms with van der Waals surface area (Å²) in [5.74, 6) is 2.13. The van der Waals surface area contributed by atoms with Crippen molar-refractivity contribution in [2.45, 2.75) is 13.0 Å². The van der Waals surface area contributed by atoms with Gasteiger partial charge in [0.15, 0.2) is 0 Å². The third kappa shape index (κ3) is 5.02. The van der Waals surface area contributed by atoms with Crippen LogP contribution in [0.2, 0.25) is 0 Å². The third-order valence-electron chi connectivity index (χ3n) is 5.43. The summed E-state index contributed by atoms with van der Waals surface area (Å²) in [7, 11) is 4.91. The third-order valence-corrected chi connectivity index (χ3v) is 7.26. The van der Waals surface area contributed by atoms with Crippen molar-refractivity contribution in [1.29, 1.82) is 0 Å². The maximum absolute atomic E-state index is 13.2. The Balaban J connectivity index is 1.59. The van der Waals surface area contributed by atoms with Crippen molar-refractivity contribution >= 4 is 43.4 Å². The van der Waals surface area contributed by atoms with E-state index in [0.29, 0.717) is 36.7 Å². The van der Waals surface area contributed by atoms with Crippen molar-refractivity contribution in [2.75, 3.05) is 27.9 Å². The molecule has 2 aromatic carbocycles. The molecule has 2 aromatic heterocycles. The zero-order chi connectivity index (χ0) is 23.4. The number of thiophene rings is 1. The van der Waals surface area contributed by atoms with Crippen LogP contribution in [0.15, 0.2) is 58.4 Å². The smallest absolute Gasteiger partial charge is 0.267 e. The van der Waals surface area contributed by atoms with Gasteiger partial charge in [0, 0.05) is 24.5 Å². The van der Waals surface area contributed by atoms with E-state index in [0.717, 1.165) is 31.6 Å². The van der Waals surface area contributed by atoms with Crippen LogP contribution in [0.5, 0.6) is 17.2 Å². The maximum atomic E-state index is 13.2. The summed E-state index contributed by atoms with van der Waals surface area (Å²) in [6, 6.07) is 15.5. The fraction of sp³-hybridized carbons (Fsp3) is 0.240. The van der Waals surface area contributed by atoms with Crippen LogP contribution < -0.4 is 19.5 Å². The molecule has 0 saturated heterocycles. The summed E-state index contributed by atoms with van der Waals surface area (Å²) in [5.41, 5.74) is 3.64. The van der Waals surface area contributed by atoms with Crippen molar-refractivity contribution < 1.29 is 19.0 Å². The molecule has 0 aliphatic carbocycles. The van der Waals surface area contributed by atoms with Gasteiger partial charge < -0.3 is 24.1 Å². The standard InChI is InChI=1S/C25H25BrN2O4S/c1-30-18-10-16(11-19(12-18)31-2)14-28-21(13-23-24(28)20(26)15-33-23)25(29)27-9-8-17-6-4-5-7-22(17)32-3/h4-7,10-13,15H,8-9,14H2,1-3H3,(H,27,29). The van der Waals surface area contributed by atoms with Gasteiger partial charge in [0.05, 0.1) is 36.0 Å². The Labute approximate surface area is 205 Å². The number of carbonyl (C=O) groups is 1. The van der Waals surface area contributed by atoms with Crippen molar-refractivity contribution in [2.24, 2.45) is 0 Å². The Hall–Kier alpha value is -2.97. The van der Waals surface area contributed by atoms with Crippen LogP contribution in [0.25, 0.3) is 10.2 Å². The highest BCUT2D eigenvalue weighted by atomic mass is 79.9. The molecule has 0 atom stereocenters. The average molecular weight is 529 g/mol. The number of hydrogen-bond donors (Lipinski definition) is 1. The lowest BCUT2D eigenvalue weighted by Crippen LogP contribution is -2.28. The molecular weight excluding hydrogens is 504 g/mol. The normalized spacial score (nSPS) is 10.9. The van der Waals surface area contributed by atoms with Gasteiger partial charge in [-0.05, 0) is 57.7 Å². The minimum atomic E-state index is -0.116. The Kier molecular flexibility index (Phi) is 7.25. The number of methoxy groups -OCH3 is 3. The lowest BCUT2D eigenvalue weighted by atomic mass is 10.1. The molecule has 0 aliphatic heterocycles. The minimum absolute atomic E-state index is 0.116. The zero-order valence-corrected chi connectivity index (χ0v) is 21.1. The Morgan fingerprint density at radius 3 is 2.45 bits per heavy atom. The van der Waals surface area contributed by atoms with Gasteiger partial charge in [-0.3, -0.25) is 4.79 Å². The first kappa shape index (κ1) is 23.2. The second kappa shape index (κ2) is 10.3. The maximum Gasteiger partial charge on any atom is 0.267 e. The van der Waals surface area contributed by atoms with E-state index in [1.54, 1.807) is 32.7 Å². The highest BCUT2D eigenvalue weighted by molar-refractivity contribution is 9.10. The lowest BCUT2D eigenvalue weighted by Gasteiger charge is -2.14. The molecule has 8 heteroatoms. The summed E-state index contributed by atoms with van der Waals surface area (Å²) < 4.78 is 20.3. The molecular formula is C25H25BrN2O4S. The molecule has 6 nitrogen and oxygen atoms in total. The number of carbonyl (C=O) groups excluding carboxylic acids is 1. The monoisotopic (exact) mass is 528 g/mol. The van der Waals surface area contributed by atoms with Crippen LogP contribution in [-0.2, 0) is 13.0 Å². The number of amides is 1. The predicted octanol–water partition coefficient (Wildman–Crippen LogP) is 5.51. The second-order valence-electron chi connectivity index (χ2n) is 7.45. The predicted molar refractivity (Wildman–Crippen MR) is 135 cm³/mol. The minimum Gasteiger partial charge on any atom is -0.497 e. The molecule has 2 heterocycles. The average Bonchev–Trinajstić information content (AvgIpc) is 3.38. The number of fused-ring (bicyclic) bond motifs is 1. The Morgan fingerprint density at radius 1 is 1.03 bits per heavy atom. The van der Waals surface area contributed by atoms with E-state index < -0.39 is 0 Å². The summed E-state index contributed by atoms with van der Waals surface area (Å²) >= 11 is 5.25. The number of nitrogens with zero attached hydrogens (tertiary/aromatic N) is 1. The van der Waals surface area contributed by atoms with Gasteiger partial charge in [-0.1, -0.05) is 18.2 Å². The van der Waals surface area contributed by atoms with Gasteiger partial charge in [0.1, 0.15) is 22.9 Å². The van der Waals surface area contributed by atoms with Crippen LogP contribution in [0.3, 0.4) is 0 Å². The van der Waals surface area contributed by atoms with Crippen LogP contribution in [0.1, 0.15) is 21.6 Å². The molecule has 0 radical (unpaired) electrons. The van der Waals surface area contributed by atoms with E-state index in [9.17, 15) is 4.79 Å². The van der Waals surface area contributed by atoms with Crippen molar-refractivity contribution in [3.8, 4) is 17.2 Å². The summed E-state index contributed by atoms with van der Waals surface area (Å²) in [5, 5.41) is 5.10. The molecule has 0 saturated carbocycles. The first-order valence-corrected chi connectivity index (χ1v) is 12.1. The van der Waals surface area contributed by atoms with E-state index in [4.69, 9.17) is 14.2 Å². The van der Waals surface area contributed by atoms with E-state index in [1.807, 2.05) is 58.5 Å². The van der Waals surface area contributed by atoms with E-state index in [-0.39, 0.29) is 5.91 Å². The van der Waals surface area contributed by atoms with E-state index in [2.05, 4.69) is 21.2 Å². The fourth-order valence-corrected chi connectivity index (χ4v) is 5.53. The number of rotatable bonds is 9. The summed E-state index contributed by atoms with van der Waals surface area (Å²) in [6.45, 7) is 1.01. The number of benzene rings is 2. The zero-order valence-electron chi connectivity index (χ0n) is 18.7. The number of hydrogen-bond acceptors (Lipinski definition) is 5. The van der Waals surface area contributed by atoms with E-state index >= 15 is 0 Å². The number of nitrogens with one attached hydrogen (secondary N) is 1. The van der Waals surface area contributed by atoms with Gasteiger partial charge in [-0.15, -0.1) is 11.3 Å². The molecule has 4 aromatic rings.